The Morgan fingerprint density at radius 1 is 0.643 bits per heavy atom. The zero-order valence-electron chi connectivity index (χ0n) is 14.9. The number of ether oxygens (including phenoxy) is 1. The average Bonchev–Trinajstić information content (AvgIpc) is 3.00. The Labute approximate surface area is 168 Å². The smallest absolute Gasteiger partial charge is 0.133 e. The van der Waals surface area contributed by atoms with Gasteiger partial charge in [0.1, 0.15) is 11.5 Å². The Morgan fingerprint density at radius 3 is 2.04 bits per heavy atom. The lowest BCUT2D eigenvalue weighted by atomic mass is 9.66. The van der Waals surface area contributed by atoms with Crippen molar-refractivity contribution in [1.82, 2.24) is 0 Å². The fourth-order valence-corrected chi connectivity index (χ4v) is 5.06. The zero-order chi connectivity index (χ0) is 18.9. The number of nitrogens with two attached hydrogens (primary N) is 1. The first-order chi connectivity index (χ1) is 13.7. The van der Waals surface area contributed by atoms with Crippen LogP contribution in [0.4, 0.5) is 5.69 Å². The Bertz CT molecular complexity index is 1230. The molecule has 134 valence electrons. The molecule has 4 aromatic carbocycles. The van der Waals surface area contributed by atoms with Crippen LogP contribution in [0.1, 0.15) is 22.3 Å². The lowest BCUT2D eigenvalue weighted by molar-refractivity contribution is 0.436. The van der Waals surface area contributed by atoms with Crippen molar-refractivity contribution < 1.29 is 4.74 Å². The van der Waals surface area contributed by atoms with Crippen LogP contribution >= 0.6 is 11.6 Å². The molecule has 0 bridgehead atoms. The Morgan fingerprint density at radius 2 is 1.32 bits per heavy atom. The average molecular weight is 382 g/mol. The summed E-state index contributed by atoms with van der Waals surface area (Å²) in [5.41, 5.74) is 13.6. The van der Waals surface area contributed by atoms with E-state index in [2.05, 4.69) is 54.6 Å². The molecule has 2 aliphatic rings. The first-order valence-electron chi connectivity index (χ1n) is 9.27. The van der Waals surface area contributed by atoms with E-state index in [0.29, 0.717) is 5.02 Å². The number of halogens is 1. The molecule has 0 radical (unpaired) electrons. The van der Waals surface area contributed by atoms with Crippen LogP contribution in [0.15, 0.2) is 84.9 Å². The maximum absolute atomic E-state index is 6.32. The highest BCUT2D eigenvalue weighted by molar-refractivity contribution is 6.30. The standard InChI is InChI=1S/C25H16ClNO/c26-15-9-11-21-24(13-15)28-23-12-10-16(27)14-22(23)25(21)19-7-3-1-5-17(19)18-6-2-4-8-20(18)25/h1-14H,27H2. The summed E-state index contributed by atoms with van der Waals surface area (Å²) in [7, 11) is 0. The minimum Gasteiger partial charge on any atom is -0.457 e. The van der Waals surface area contributed by atoms with E-state index in [9.17, 15) is 0 Å². The maximum atomic E-state index is 6.32. The third kappa shape index (κ3) is 1.83. The van der Waals surface area contributed by atoms with E-state index in [-0.39, 0.29) is 0 Å². The van der Waals surface area contributed by atoms with E-state index in [1.54, 1.807) is 0 Å². The van der Waals surface area contributed by atoms with Gasteiger partial charge in [-0.05, 0) is 52.6 Å². The van der Waals surface area contributed by atoms with Crippen LogP contribution in [0.5, 0.6) is 11.5 Å². The first kappa shape index (κ1) is 15.8. The topological polar surface area (TPSA) is 35.2 Å². The first-order valence-corrected chi connectivity index (χ1v) is 9.64. The molecule has 0 saturated heterocycles. The normalized spacial score (nSPS) is 14.6. The van der Waals surface area contributed by atoms with Crippen LogP contribution in [-0.2, 0) is 5.41 Å². The summed E-state index contributed by atoms with van der Waals surface area (Å²) >= 11 is 6.32. The van der Waals surface area contributed by atoms with Gasteiger partial charge in [-0.2, -0.15) is 0 Å². The SMILES string of the molecule is Nc1ccc2c(c1)C1(c3ccc(Cl)cc3O2)c2ccccc2-c2ccccc21. The molecule has 1 aliphatic carbocycles. The number of fused-ring (bicyclic) bond motifs is 9. The molecule has 1 spiro atoms. The van der Waals surface area contributed by atoms with Crippen LogP contribution in [-0.4, -0.2) is 0 Å². The molecule has 2 nitrogen and oxygen atoms in total. The summed E-state index contributed by atoms with van der Waals surface area (Å²) in [6, 6.07) is 29.0. The van der Waals surface area contributed by atoms with Gasteiger partial charge in [0.25, 0.3) is 0 Å². The van der Waals surface area contributed by atoms with Crippen molar-refractivity contribution in [2.45, 2.75) is 5.41 Å². The third-order valence-electron chi connectivity index (χ3n) is 5.93. The molecular formula is C25H16ClNO. The molecule has 6 rings (SSSR count). The van der Waals surface area contributed by atoms with Crippen molar-refractivity contribution in [2.24, 2.45) is 0 Å². The minimum atomic E-state index is -0.476. The fraction of sp³-hybridized carbons (Fsp3) is 0.0400. The van der Waals surface area contributed by atoms with E-state index in [0.717, 1.165) is 28.3 Å². The van der Waals surface area contributed by atoms with Gasteiger partial charge in [-0.1, -0.05) is 66.2 Å². The van der Waals surface area contributed by atoms with Crippen molar-refractivity contribution in [1.29, 1.82) is 0 Å². The summed E-state index contributed by atoms with van der Waals surface area (Å²) in [6.45, 7) is 0. The predicted molar refractivity (Wildman–Crippen MR) is 113 cm³/mol. The second kappa shape index (κ2) is 5.40. The van der Waals surface area contributed by atoms with E-state index >= 15 is 0 Å². The van der Waals surface area contributed by atoms with Crippen molar-refractivity contribution >= 4 is 17.3 Å². The van der Waals surface area contributed by atoms with Crippen molar-refractivity contribution in [3.05, 3.63) is 112 Å². The van der Waals surface area contributed by atoms with E-state index < -0.39 is 5.41 Å². The van der Waals surface area contributed by atoms with Crippen LogP contribution in [0.25, 0.3) is 11.1 Å². The van der Waals surface area contributed by atoms with Gasteiger partial charge in [0, 0.05) is 21.8 Å². The third-order valence-corrected chi connectivity index (χ3v) is 6.16. The molecule has 0 fully saturated rings. The number of anilines is 1. The summed E-state index contributed by atoms with van der Waals surface area (Å²) < 4.78 is 6.29. The molecule has 4 aromatic rings. The Hall–Kier alpha value is -3.23. The van der Waals surface area contributed by atoms with Crippen molar-refractivity contribution in [2.75, 3.05) is 5.73 Å². The van der Waals surface area contributed by atoms with Gasteiger partial charge in [0.15, 0.2) is 0 Å². The predicted octanol–water partition coefficient (Wildman–Crippen LogP) is 6.39. The van der Waals surface area contributed by atoms with Gasteiger partial charge in [-0.3, -0.25) is 0 Å². The molecule has 0 amide bonds. The number of benzene rings is 4. The summed E-state index contributed by atoms with van der Waals surface area (Å²) in [5.74, 6) is 1.60. The lowest BCUT2D eigenvalue weighted by Gasteiger charge is -2.39. The fourth-order valence-electron chi connectivity index (χ4n) is 4.90. The second-order valence-corrected chi connectivity index (χ2v) is 7.78. The Kier molecular flexibility index (Phi) is 3.05. The van der Waals surface area contributed by atoms with Gasteiger partial charge in [0.2, 0.25) is 0 Å². The molecule has 0 unspecified atom stereocenters. The van der Waals surface area contributed by atoms with Gasteiger partial charge >= 0.3 is 0 Å². The Balaban J connectivity index is 1.85. The lowest BCUT2D eigenvalue weighted by Crippen LogP contribution is -2.32. The highest BCUT2D eigenvalue weighted by Gasteiger charge is 2.50. The van der Waals surface area contributed by atoms with Crippen LogP contribution < -0.4 is 10.5 Å². The van der Waals surface area contributed by atoms with Gasteiger partial charge in [0.05, 0.1) is 5.41 Å². The van der Waals surface area contributed by atoms with Crippen molar-refractivity contribution in [3.8, 4) is 22.6 Å². The molecule has 1 heterocycles. The van der Waals surface area contributed by atoms with E-state index in [4.69, 9.17) is 22.1 Å². The maximum Gasteiger partial charge on any atom is 0.133 e. The zero-order valence-corrected chi connectivity index (χ0v) is 15.7. The molecule has 0 aromatic heterocycles. The molecule has 1 aliphatic heterocycles. The van der Waals surface area contributed by atoms with Gasteiger partial charge in [-0.25, -0.2) is 0 Å². The largest absolute Gasteiger partial charge is 0.457 e. The molecule has 0 atom stereocenters. The van der Waals surface area contributed by atoms with E-state index in [1.807, 2.05) is 30.3 Å². The molecular weight excluding hydrogens is 366 g/mol. The van der Waals surface area contributed by atoms with Crippen LogP contribution in [0.2, 0.25) is 5.02 Å². The van der Waals surface area contributed by atoms with Crippen molar-refractivity contribution in [3.63, 3.8) is 0 Å². The monoisotopic (exact) mass is 381 g/mol. The quantitative estimate of drug-likeness (QED) is 0.309. The molecule has 28 heavy (non-hydrogen) atoms. The highest BCUT2D eigenvalue weighted by atomic mass is 35.5. The summed E-state index contributed by atoms with van der Waals surface area (Å²) in [5, 5.41) is 0.660. The minimum absolute atomic E-state index is 0.476. The highest BCUT2D eigenvalue weighted by Crippen LogP contribution is 2.62. The number of rotatable bonds is 0. The summed E-state index contributed by atoms with van der Waals surface area (Å²) in [6.07, 6.45) is 0. The van der Waals surface area contributed by atoms with Crippen LogP contribution in [0.3, 0.4) is 0 Å². The number of hydrogen-bond donors (Lipinski definition) is 1. The van der Waals surface area contributed by atoms with Gasteiger partial charge in [-0.15, -0.1) is 0 Å². The van der Waals surface area contributed by atoms with Crippen LogP contribution in [0, 0.1) is 0 Å². The molecule has 0 saturated carbocycles. The van der Waals surface area contributed by atoms with E-state index in [1.165, 1.54) is 22.3 Å². The molecule has 2 N–H and O–H groups in total. The summed E-state index contributed by atoms with van der Waals surface area (Å²) in [4.78, 5) is 0. The second-order valence-electron chi connectivity index (χ2n) is 7.34. The van der Waals surface area contributed by atoms with Gasteiger partial charge < -0.3 is 10.5 Å². The number of nitrogen functional groups attached to an aromatic ring is 1. The molecule has 3 heteroatoms. The number of hydrogen-bond acceptors (Lipinski definition) is 2.